The summed E-state index contributed by atoms with van der Waals surface area (Å²) in [6.07, 6.45) is 3.05. The highest BCUT2D eigenvalue weighted by Gasteiger charge is 2.33. The maximum Gasteiger partial charge on any atom is 0.407 e. The molecule has 1 saturated carbocycles. The van der Waals surface area contributed by atoms with Gasteiger partial charge in [-0.1, -0.05) is 13.8 Å². The summed E-state index contributed by atoms with van der Waals surface area (Å²) in [5, 5.41) is 11.3. The smallest absolute Gasteiger partial charge is 0.407 e. The molecular formula is C23H35N5O3. The second kappa shape index (κ2) is 8.48. The zero-order chi connectivity index (χ0) is 23.0. The minimum atomic E-state index is -0.584. The van der Waals surface area contributed by atoms with Gasteiger partial charge in [-0.3, -0.25) is 9.48 Å². The third-order valence-electron chi connectivity index (χ3n) is 5.93. The van der Waals surface area contributed by atoms with Crippen molar-refractivity contribution in [3.05, 3.63) is 23.0 Å². The molecule has 1 aliphatic rings. The maximum atomic E-state index is 13.5. The third kappa shape index (κ3) is 5.17. The van der Waals surface area contributed by atoms with Crippen molar-refractivity contribution in [2.24, 2.45) is 7.05 Å². The zero-order valence-corrected chi connectivity index (χ0v) is 19.8. The standard InChI is InChI=1S/C23H35N5O3/c1-8-23(9-2,13-24-21(30)31-22(4,5)6)26-20(29)16-12-17(15-10-11-15)25-19-18(16)14(3)27-28(19)7/h12,15H,8-11,13H2,1-7H3,(H,24,30)(H,26,29). The summed E-state index contributed by atoms with van der Waals surface area (Å²) in [7, 11) is 1.85. The molecule has 2 aromatic heterocycles. The number of nitrogens with one attached hydrogen (secondary N) is 2. The molecule has 0 radical (unpaired) electrons. The van der Waals surface area contributed by atoms with Crippen molar-refractivity contribution in [1.29, 1.82) is 0 Å². The molecule has 1 fully saturated rings. The number of carbonyl (C=O) groups excluding carboxylic acids is 2. The highest BCUT2D eigenvalue weighted by atomic mass is 16.6. The van der Waals surface area contributed by atoms with E-state index in [-0.39, 0.29) is 12.5 Å². The van der Waals surface area contributed by atoms with Crippen molar-refractivity contribution in [2.45, 2.75) is 84.3 Å². The quantitative estimate of drug-likeness (QED) is 0.694. The second-order valence-corrected chi connectivity index (χ2v) is 9.57. The largest absolute Gasteiger partial charge is 0.444 e. The maximum absolute atomic E-state index is 13.5. The number of alkyl carbamates (subject to hydrolysis) is 1. The molecule has 0 spiro atoms. The Balaban J connectivity index is 1.87. The Morgan fingerprint density at radius 1 is 1.23 bits per heavy atom. The first-order chi connectivity index (χ1) is 14.5. The van der Waals surface area contributed by atoms with Gasteiger partial charge in [-0.05, 0) is 59.4 Å². The summed E-state index contributed by atoms with van der Waals surface area (Å²) in [4.78, 5) is 30.5. The first-order valence-electron chi connectivity index (χ1n) is 11.1. The van der Waals surface area contributed by atoms with Crippen LogP contribution in [0.2, 0.25) is 0 Å². The zero-order valence-electron chi connectivity index (χ0n) is 19.8. The van der Waals surface area contributed by atoms with Crippen LogP contribution in [-0.4, -0.2) is 44.4 Å². The number of amides is 2. The molecule has 170 valence electrons. The molecule has 31 heavy (non-hydrogen) atoms. The summed E-state index contributed by atoms with van der Waals surface area (Å²) in [6.45, 7) is 11.7. The van der Waals surface area contributed by atoms with Crippen molar-refractivity contribution >= 4 is 23.0 Å². The van der Waals surface area contributed by atoms with Crippen LogP contribution in [0, 0.1) is 6.92 Å². The van der Waals surface area contributed by atoms with Crippen LogP contribution in [0.3, 0.4) is 0 Å². The van der Waals surface area contributed by atoms with E-state index in [4.69, 9.17) is 9.72 Å². The number of hydrogen-bond donors (Lipinski definition) is 2. The lowest BCUT2D eigenvalue weighted by atomic mass is 9.91. The molecule has 0 atom stereocenters. The van der Waals surface area contributed by atoms with Gasteiger partial charge in [0, 0.05) is 25.2 Å². The van der Waals surface area contributed by atoms with Crippen LogP contribution in [0.1, 0.15) is 88.0 Å². The summed E-state index contributed by atoms with van der Waals surface area (Å²) < 4.78 is 7.10. The number of aromatic nitrogens is 3. The minimum Gasteiger partial charge on any atom is -0.444 e. The molecule has 8 nitrogen and oxygen atoms in total. The lowest BCUT2D eigenvalue weighted by Crippen LogP contribution is -2.55. The van der Waals surface area contributed by atoms with Gasteiger partial charge in [0.1, 0.15) is 5.60 Å². The number of hydrogen-bond acceptors (Lipinski definition) is 5. The molecule has 2 heterocycles. The Labute approximate surface area is 184 Å². The Hall–Kier alpha value is -2.64. The predicted octanol–water partition coefficient (Wildman–Crippen LogP) is 3.97. The molecule has 0 aromatic carbocycles. The number of fused-ring (bicyclic) bond motifs is 1. The van der Waals surface area contributed by atoms with Gasteiger partial charge in [0.15, 0.2) is 5.65 Å². The van der Waals surface area contributed by atoms with Crippen LogP contribution in [-0.2, 0) is 11.8 Å². The van der Waals surface area contributed by atoms with E-state index in [1.54, 1.807) is 4.68 Å². The van der Waals surface area contributed by atoms with Crippen molar-refractivity contribution in [3.63, 3.8) is 0 Å². The van der Waals surface area contributed by atoms with E-state index < -0.39 is 17.2 Å². The number of aryl methyl sites for hydroxylation is 2. The van der Waals surface area contributed by atoms with Crippen molar-refractivity contribution in [1.82, 2.24) is 25.4 Å². The van der Waals surface area contributed by atoms with Gasteiger partial charge in [0.25, 0.3) is 5.91 Å². The van der Waals surface area contributed by atoms with E-state index in [0.717, 1.165) is 35.3 Å². The Kier molecular flexibility index (Phi) is 6.30. The number of nitrogens with zero attached hydrogens (tertiary/aromatic N) is 3. The fourth-order valence-electron chi connectivity index (χ4n) is 3.82. The van der Waals surface area contributed by atoms with Crippen molar-refractivity contribution in [3.8, 4) is 0 Å². The number of ether oxygens (including phenoxy) is 1. The van der Waals surface area contributed by atoms with E-state index in [1.807, 2.05) is 54.7 Å². The fraction of sp³-hybridized carbons (Fsp3) is 0.652. The molecule has 1 aliphatic carbocycles. The van der Waals surface area contributed by atoms with Crippen LogP contribution in [0.15, 0.2) is 6.07 Å². The van der Waals surface area contributed by atoms with Crippen molar-refractivity contribution < 1.29 is 14.3 Å². The van der Waals surface area contributed by atoms with Gasteiger partial charge in [0.05, 0.1) is 22.2 Å². The van der Waals surface area contributed by atoms with E-state index >= 15 is 0 Å². The van der Waals surface area contributed by atoms with Crippen LogP contribution in [0.4, 0.5) is 4.79 Å². The first-order valence-corrected chi connectivity index (χ1v) is 11.1. The molecule has 0 unspecified atom stereocenters. The summed E-state index contributed by atoms with van der Waals surface area (Å²) in [5.41, 5.74) is 1.90. The molecular weight excluding hydrogens is 394 g/mol. The highest BCUT2D eigenvalue weighted by Crippen LogP contribution is 2.40. The fourth-order valence-corrected chi connectivity index (χ4v) is 3.82. The average Bonchev–Trinajstić information content (AvgIpc) is 3.50. The second-order valence-electron chi connectivity index (χ2n) is 9.57. The van der Waals surface area contributed by atoms with Gasteiger partial charge < -0.3 is 15.4 Å². The number of pyridine rings is 1. The molecule has 0 saturated heterocycles. The van der Waals surface area contributed by atoms with Gasteiger partial charge in [0.2, 0.25) is 0 Å². The predicted molar refractivity (Wildman–Crippen MR) is 120 cm³/mol. The Morgan fingerprint density at radius 3 is 2.42 bits per heavy atom. The first kappa shape index (κ1) is 23.0. The van der Waals surface area contributed by atoms with Crippen LogP contribution in [0.5, 0.6) is 0 Å². The van der Waals surface area contributed by atoms with E-state index in [1.165, 1.54) is 0 Å². The van der Waals surface area contributed by atoms with E-state index in [9.17, 15) is 9.59 Å². The number of carbonyl (C=O) groups is 2. The monoisotopic (exact) mass is 429 g/mol. The molecule has 2 aromatic rings. The lowest BCUT2D eigenvalue weighted by molar-refractivity contribution is 0.0502. The summed E-state index contributed by atoms with van der Waals surface area (Å²) in [6, 6.07) is 1.92. The molecule has 0 aliphatic heterocycles. The molecule has 2 amide bonds. The normalized spacial score (nSPS) is 14.5. The van der Waals surface area contributed by atoms with Crippen LogP contribution in [0.25, 0.3) is 11.0 Å². The van der Waals surface area contributed by atoms with Gasteiger partial charge in [-0.25, -0.2) is 9.78 Å². The third-order valence-corrected chi connectivity index (χ3v) is 5.93. The summed E-state index contributed by atoms with van der Waals surface area (Å²) in [5.74, 6) is 0.252. The summed E-state index contributed by atoms with van der Waals surface area (Å²) >= 11 is 0. The van der Waals surface area contributed by atoms with Crippen LogP contribution >= 0.6 is 0 Å². The molecule has 8 heteroatoms. The van der Waals surface area contributed by atoms with Gasteiger partial charge in [-0.2, -0.15) is 5.10 Å². The molecule has 2 N–H and O–H groups in total. The minimum absolute atomic E-state index is 0.167. The Bertz CT molecular complexity index is 981. The topological polar surface area (TPSA) is 98.1 Å². The van der Waals surface area contributed by atoms with Crippen molar-refractivity contribution in [2.75, 3.05) is 6.54 Å². The SMILES string of the molecule is CCC(CC)(CNC(=O)OC(C)(C)C)NC(=O)c1cc(C2CC2)nc2c1c(C)nn2C. The average molecular weight is 430 g/mol. The van der Waals surface area contributed by atoms with Crippen LogP contribution < -0.4 is 10.6 Å². The molecule has 0 bridgehead atoms. The van der Waals surface area contributed by atoms with Gasteiger partial charge >= 0.3 is 6.09 Å². The van der Waals surface area contributed by atoms with Gasteiger partial charge in [-0.15, -0.1) is 0 Å². The van der Waals surface area contributed by atoms with E-state index in [2.05, 4.69) is 15.7 Å². The molecule has 3 rings (SSSR count). The number of rotatable bonds is 7. The lowest BCUT2D eigenvalue weighted by Gasteiger charge is -2.33. The Morgan fingerprint density at radius 2 is 1.87 bits per heavy atom. The highest BCUT2D eigenvalue weighted by molar-refractivity contribution is 6.07. The van der Waals surface area contributed by atoms with E-state index in [0.29, 0.717) is 24.3 Å².